The molecule has 2 N–H and O–H groups in total. The highest BCUT2D eigenvalue weighted by Crippen LogP contribution is 2.27. The van der Waals surface area contributed by atoms with Crippen LogP contribution in [0.1, 0.15) is 16.8 Å². The van der Waals surface area contributed by atoms with Gasteiger partial charge >= 0.3 is 0 Å². The van der Waals surface area contributed by atoms with Gasteiger partial charge in [-0.15, -0.1) is 0 Å². The van der Waals surface area contributed by atoms with Crippen LogP contribution in [0.4, 0.5) is 5.69 Å². The van der Waals surface area contributed by atoms with Crippen molar-refractivity contribution in [1.29, 1.82) is 5.41 Å². The summed E-state index contributed by atoms with van der Waals surface area (Å²) in [5.74, 6) is 0.454. The summed E-state index contributed by atoms with van der Waals surface area (Å²) in [6, 6.07) is 12.0. The molecule has 0 bridgehead atoms. The molecule has 30 heavy (non-hydrogen) atoms. The first-order valence-corrected chi connectivity index (χ1v) is 10.4. The number of rotatable bonds is 5. The van der Waals surface area contributed by atoms with Crippen molar-refractivity contribution in [3.63, 3.8) is 0 Å². The smallest absolute Gasteiger partial charge is 0.269 e. The van der Waals surface area contributed by atoms with Gasteiger partial charge in [0.05, 0.1) is 10.3 Å². The summed E-state index contributed by atoms with van der Waals surface area (Å²) >= 11 is 7.57. The molecule has 0 spiro atoms. The summed E-state index contributed by atoms with van der Waals surface area (Å²) in [6.07, 6.45) is 0. The van der Waals surface area contributed by atoms with Crippen LogP contribution >= 0.6 is 23.4 Å². The summed E-state index contributed by atoms with van der Waals surface area (Å²) in [4.78, 5) is 15.3. The number of H-pyrrole nitrogens is 1. The van der Waals surface area contributed by atoms with Crippen molar-refractivity contribution < 1.29 is 4.92 Å². The van der Waals surface area contributed by atoms with E-state index in [1.54, 1.807) is 22.8 Å². The van der Waals surface area contributed by atoms with Gasteiger partial charge in [0.2, 0.25) is 0 Å². The van der Waals surface area contributed by atoms with E-state index in [-0.39, 0.29) is 11.2 Å². The zero-order valence-electron chi connectivity index (χ0n) is 16.1. The molecule has 2 aromatic carbocycles. The third kappa shape index (κ3) is 3.69. The van der Waals surface area contributed by atoms with E-state index in [9.17, 15) is 10.1 Å². The fourth-order valence-corrected chi connectivity index (χ4v) is 4.21. The van der Waals surface area contributed by atoms with E-state index < -0.39 is 4.92 Å². The second kappa shape index (κ2) is 7.92. The van der Waals surface area contributed by atoms with Gasteiger partial charge in [-0.25, -0.2) is 4.98 Å². The molecule has 0 fully saturated rings. The molecule has 0 aliphatic heterocycles. The first-order valence-electron chi connectivity index (χ1n) is 9.00. The summed E-state index contributed by atoms with van der Waals surface area (Å²) < 4.78 is 1.75. The number of thioether (sulfide) groups is 1. The molecule has 152 valence electrons. The molecule has 8 nitrogen and oxygen atoms in total. The van der Waals surface area contributed by atoms with Gasteiger partial charge in [-0.2, -0.15) is 5.10 Å². The van der Waals surface area contributed by atoms with Crippen LogP contribution < -0.4 is 5.49 Å². The maximum absolute atomic E-state index is 11.1. The Labute approximate surface area is 180 Å². The molecule has 4 rings (SSSR count). The van der Waals surface area contributed by atoms with Gasteiger partial charge in [-0.1, -0.05) is 35.5 Å². The van der Waals surface area contributed by atoms with Gasteiger partial charge in [-0.05, 0) is 43.2 Å². The van der Waals surface area contributed by atoms with Gasteiger partial charge in [0.25, 0.3) is 5.69 Å². The molecule has 4 aromatic rings. The van der Waals surface area contributed by atoms with Crippen LogP contribution in [0.15, 0.2) is 47.6 Å². The van der Waals surface area contributed by atoms with Gasteiger partial charge < -0.3 is 0 Å². The minimum absolute atomic E-state index is 0.0434. The van der Waals surface area contributed by atoms with Crippen LogP contribution in [-0.2, 0) is 5.75 Å². The van der Waals surface area contributed by atoms with Crippen molar-refractivity contribution >= 4 is 40.1 Å². The van der Waals surface area contributed by atoms with E-state index in [1.165, 1.54) is 17.8 Å². The number of benzene rings is 2. The lowest BCUT2D eigenvalue weighted by atomic mass is 10.2. The predicted molar refractivity (Wildman–Crippen MR) is 116 cm³/mol. The Balaban J connectivity index is 1.82. The normalized spacial score (nSPS) is 11.2. The summed E-state index contributed by atoms with van der Waals surface area (Å²) in [7, 11) is 0. The van der Waals surface area contributed by atoms with Crippen molar-refractivity contribution in [3.8, 4) is 5.69 Å². The van der Waals surface area contributed by atoms with E-state index in [4.69, 9.17) is 17.0 Å². The number of aromatic amines is 1. The Morgan fingerprint density at radius 3 is 2.80 bits per heavy atom. The highest BCUT2D eigenvalue weighted by molar-refractivity contribution is 7.98. The quantitative estimate of drug-likeness (QED) is 0.202. The molecule has 0 aliphatic carbocycles. The Bertz CT molecular complexity index is 1350. The first-order chi connectivity index (χ1) is 14.3. The maximum Gasteiger partial charge on any atom is 0.269 e. The Morgan fingerprint density at radius 1 is 1.27 bits per heavy atom. The van der Waals surface area contributed by atoms with E-state index in [2.05, 4.69) is 15.2 Å². The summed E-state index contributed by atoms with van der Waals surface area (Å²) in [5, 5.41) is 28.8. The van der Waals surface area contributed by atoms with Crippen LogP contribution in [0.3, 0.4) is 0 Å². The van der Waals surface area contributed by atoms with E-state index >= 15 is 0 Å². The zero-order valence-corrected chi connectivity index (χ0v) is 17.7. The molecule has 0 amide bonds. The van der Waals surface area contributed by atoms with Crippen molar-refractivity contribution in [2.75, 3.05) is 0 Å². The number of hydrogen-bond acceptors (Lipinski definition) is 6. The van der Waals surface area contributed by atoms with Crippen molar-refractivity contribution in [2.45, 2.75) is 24.8 Å². The minimum Gasteiger partial charge on any atom is -0.283 e. The lowest BCUT2D eigenvalue weighted by Gasteiger charge is -2.14. The van der Waals surface area contributed by atoms with E-state index in [1.807, 2.05) is 32.0 Å². The molecule has 0 radical (unpaired) electrons. The third-order valence-electron chi connectivity index (χ3n) is 4.67. The second-order valence-electron chi connectivity index (χ2n) is 6.77. The Kier molecular flexibility index (Phi) is 5.31. The lowest BCUT2D eigenvalue weighted by molar-refractivity contribution is -0.384. The number of nitro groups is 1. The number of hydrogen-bond donors (Lipinski definition) is 2. The number of nitrogens with zero attached hydrogens (tertiary/aromatic N) is 4. The largest absolute Gasteiger partial charge is 0.283 e. The molecule has 2 heterocycles. The highest BCUT2D eigenvalue weighted by Gasteiger charge is 2.16. The van der Waals surface area contributed by atoms with E-state index in [0.29, 0.717) is 27.0 Å². The number of fused-ring (bicyclic) bond motifs is 1. The second-order valence-corrected chi connectivity index (χ2v) is 8.12. The molecular weight excluding hydrogens is 424 g/mol. The van der Waals surface area contributed by atoms with Crippen molar-refractivity contribution in [2.24, 2.45) is 0 Å². The summed E-state index contributed by atoms with van der Waals surface area (Å²) in [5.41, 5.74) is 3.97. The minimum atomic E-state index is -0.413. The van der Waals surface area contributed by atoms with Gasteiger partial charge in [0, 0.05) is 34.3 Å². The topological polar surface area (TPSA) is 113 Å². The molecule has 10 heteroatoms. The monoisotopic (exact) mass is 440 g/mol. The van der Waals surface area contributed by atoms with Gasteiger partial charge in [0.15, 0.2) is 10.8 Å². The Hall–Kier alpha value is -3.17. The molecule has 2 aromatic heterocycles. The molecule has 0 aliphatic rings. The number of nitrogens with one attached hydrogen (secondary N) is 2. The van der Waals surface area contributed by atoms with Gasteiger partial charge in [-0.3, -0.25) is 25.2 Å². The Morgan fingerprint density at radius 2 is 2.07 bits per heavy atom. The number of aromatic nitrogens is 4. The van der Waals surface area contributed by atoms with E-state index in [0.717, 1.165) is 22.5 Å². The highest BCUT2D eigenvalue weighted by atomic mass is 35.5. The molecular formula is C20H17ClN6O2S. The van der Waals surface area contributed by atoms with Crippen molar-refractivity contribution in [1.82, 2.24) is 19.7 Å². The number of nitro benzene ring substituents is 1. The van der Waals surface area contributed by atoms with Crippen LogP contribution in [0.25, 0.3) is 16.7 Å². The van der Waals surface area contributed by atoms with Crippen LogP contribution in [0.5, 0.6) is 0 Å². The molecule has 0 saturated carbocycles. The average molecular weight is 441 g/mol. The van der Waals surface area contributed by atoms with Crippen LogP contribution in [0.2, 0.25) is 5.02 Å². The predicted octanol–water partition coefficient (Wildman–Crippen LogP) is 4.70. The fraction of sp³-hybridized carbons (Fsp3) is 0.150. The first kappa shape index (κ1) is 20.1. The lowest BCUT2D eigenvalue weighted by Crippen LogP contribution is -2.22. The third-order valence-corrected chi connectivity index (χ3v) is 6.10. The van der Waals surface area contributed by atoms with Crippen LogP contribution in [-0.4, -0.2) is 24.7 Å². The zero-order chi connectivity index (χ0) is 21.4. The number of aryl methyl sites for hydroxylation is 2. The van der Waals surface area contributed by atoms with Gasteiger partial charge in [0.1, 0.15) is 5.49 Å². The SMILES string of the molecule is Cc1cc(-n2c(SCc3cccc([N+](=O)[O-])c3)nc3n[nH]c(C)c3c2=N)ccc1Cl. The molecule has 0 unspecified atom stereocenters. The summed E-state index contributed by atoms with van der Waals surface area (Å²) in [6.45, 7) is 3.75. The number of halogens is 1. The number of non-ortho nitro benzene ring substituents is 1. The molecule has 0 saturated heterocycles. The van der Waals surface area contributed by atoms with Crippen LogP contribution in [0, 0.1) is 29.4 Å². The maximum atomic E-state index is 11.1. The molecule has 0 atom stereocenters. The van der Waals surface area contributed by atoms with Crippen molar-refractivity contribution in [3.05, 3.63) is 79.9 Å². The standard InChI is InChI=1S/C20H17ClN6O2S/c1-11-8-14(6-7-16(11)21)26-18(22)17-12(2)24-25-19(17)23-20(26)30-10-13-4-3-5-15(9-13)27(28)29/h3-9,22H,10H2,1-2H3,(H,24,25). The fourth-order valence-electron chi connectivity index (χ4n) is 3.14. The average Bonchev–Trinajstić information content (AvgIpc) is 3.10.